The second kappa shape index (κ2) is 8.71. The second-order valence-corrected chi connectivity index (χ2v) is 8.37. The van der Waals surface area contributed by atoms with E-state index in [1.807, 2.05) is 66.2 Å². The van der Waals surface area contributed by atoms with Crippen LogP contribution in [-0.2, 0) is 13.7 Å². The normalized spacial score (nSPS) is 13.8. The molecule has 2 aromatic heterocycles. The van der Waals surface area contributed by atoms with Crippen LogP contribution in [-0.4, -0.2) is 26.4 Å². The van der Waals surface area contributed by atoms with E-state index in [0.29, 0.717) is 22.7 Å². The third kappa shape index (κ3) is 3.56. The van der Waals surface area contributed by atoms with Crippen molar-refractivity contribution in [3.8, 4) is 28.1 Å². The average molecular weight is 442 g/mol. The Bertz CT molecular complexity index is 1400. The lowest BCUT2D eigenvalue weighted by molar-refractivity contribution is 0.272. The highest BCUT2D eigenvalue weighted by molar-refractivity contribution is 5.88. The van der Waals surface area contributed by atoms with E-state index in [-0.39, 0.29) is 12.2 Å². The third-order valence-corrected chi connectivity index (χ3v) is 6.47. The number of aromatic nitrogens is 3. The summed E-state index contributed by atoms with van der Waals surface area (Å²) in [5.74, 6) is 0.708. The third-order valence-electron chi connectivity index (χ3n) is 6.47. The molecule has 0 amide bonds. The Morgan fingerprint density at radius 3 is 2.39 bits per heavy atom. The molecule has 0 spiro atoms. The molecule has 0 radical (unpaired) electrons. The predicted octanol–water partition coefficient (Wildman–Crippen LogP) is 4.83. The molecule has 1 aliphatic carbocycles. The maximum absolute atomic E-state index is 13.8. The number of hydrogen-bond donors (Lipinski definition) is 1. The zero-order valence-electron chi connectivity index (χ0n) is 18.9. The molecule has 168 valence electrons. The minimum absolute atomic E-state index is 0.239. The van der Waals surface area contributed by atoms with Crippen LogP contribution in [0.15, 0.2) is 65.5 Å². The maximum Gasteiger partial charge on any atom is 0.282 e. The van der Waals surface area contributed by atoms with Crippen LogP contribution in [0.3, 0.4) is 0 Å². The molecular formula is C27H27N3O3. The molecule has 2 aromatic carbocycles. The fourth-order valence-corrected chi connectivity index (χ4v) is 4.78. The Labute approximate surface area is 192 Å². The smallest absolute Gasteiger partial charge is 0.282 e. The van der Waals surface area contributed by atoms with Gasteiger partial charge < -0.3 is 14.4 Å². The van der Waals surface area contributed by atoms with Gasteiger partial charge in [-0.1, -0.05) is 48.5 Å². The number of rotatable bonds is 5. The number of allylic oxidation sites excluding steroid dienone is 2. The number of benzene rings is 2. The maximum atomic E-state index is 13.8. The molecule has 1 N–H and O–H groups in total. The van der Waals surface area contributed by atoms with Crippen LogP contribution < -0.4 is 10.3 Å². The second-order valence-electron chi connectivity index (χ2n) is 8.37. The Hall–Kier alpha value is -3.64. The van der Waals surface area contributed by atoms with Crippen LogP contribution in [0.5, 0.6) is 5.75 Å². The SMILES string of the molecule is COc1ccc(-c2c(CO)n(C)c3c(C4=CCCCC4)c(-c4ccccc4)nn3c2=O)cc1. The van der Waals surface area contributed by atoms with Gasteiger partial charge in [0.05, 0.1) is 25.0 Å². The molecule has 6 heteroatoms. The van der Waals surface area contributed by atoms with Gasteiger partial charge in [0, 0.05) is 18.2 Å². The van der Waals surface area contributed by atoms with Gasteiger partial charge in [0.25, 0.3) is 5.56 Å². The number of aryl methyl sites for hydroxylation is 1. The minimum atomic E-state index is -0.256. The van der Waals surface area contributed by atoms with Gasteiger partial charge in [-0.05, 0) is 49.0 Å². The van der Waals surface area contributed by atoms with E-state index in [4.69, 9.17) is 9.84 Å². The average Bonchev–Trinajstić information content (AvgIpc) is 3.28. The molecule has 1 aliphatic rings. The summed E-state index contributed by atoms with van der Waals surface area (Å²) in [7, 11) is 3.51. The van der Waals surface area contributed by atoms with Gasteiger partial charge in [-0.15, -0.1) is 0 Å². The monoisotopic (exact) mass is 441 g/mol. The molecule has 0 saturated heterocycles. The van der Waals surface area contributed by atoms with Crippen LogP contribution in [0.4, 0.5) is 0 Å². The number of methoxy groups -OCH3 is 1. The topological polar surface area (TPSA) is 68.8 Å². The number of nitrogens with zero attached hydrogens (tertiary/aromatic N) is 3. The summed E-state index contributed by atoms with van der Waals surface area (Å²) in [6.07, 6.45) is 6.52. The summed E-state index contributed by atoms with van der Waals surface area (Å²) in [5, 5.41) is 15.2. The fourth-order valence-electron chi connectivity index (χ4n) is 4.78. The highest BCUT2D eigenvalue weighted by atomic mass is 16.5. The molecule has 4 aromatic rings. The van der Waals surface area contributed by atoms with Crippen LogP contribution >= 0.6 is 0 Å². The van der Waals surface area contributed by atoms with Crippen molar-refractivity contribution in [2.75, 3.05) is 7.11 Å². The van der Waals surface area contributed by atoms with E-state index in [2.05, 4.69) is 6.08 Å². The van der Waals surface area contributed by atoms with E-state index >= 15 is 0 Å². The number of fused-ring (bicyclic) bond motifs is 1. The van der Waals surface area contributed by atoms with E-state index < -0.39 is 0 Å². The number of ether oxygens (including phenoxy) is 1. The molecule has 0 unspecified atom stereocenters. The Morgan fingerprint density at radius 1 is 1.00 bits per heavy atom. The van der Waals surface area contributed by atoms with Crippen molar-refractivity contribution >= 4 is 11.2 Å². The molecule has 0 fully saturated rings. The summed E-state index contributed by atoms with van der Waals surface area (Å²) in [6, 6.07) is 17.3. The van der Waals surface area contributed by atoms with Gasteiger partial charge in [0.1, 0.15) is 17.1 Å². The Morgan fingerprint density at radius 2 is 1.76 bits per heavy atom. The highest BCUT2D eigenvalue weighted by Crippen LogP contribution is 2.37. The summed E-state index contributed by atoms with van der Waals surface area (Å²) < 4.78 is 8.69. The van der Waals surface area contributed by atoms with Crippen LogP contribution in [0.1, 0.15) is 36.9 Å². The standard InChI is InChI=1S/C27H27N3O3/c1-29-22(17-31)23(19-13-15-21(33-2)16-14-19)27(32)30-26(29)24(18-9-5-3-6-10-18)25(28-30)20-11-7-4-8-12-20/h4,7-9,11-16,31H,3,5-6,10,17H2,1-2H3. The van der Waals surface area contributed by atoms with Crippen molar-refractivity contribution in [1.82, 2.24) is 14.2 Å². The Kier molecular flexibility index (Phi) is 5.60. The van der Waals surface area contributed by atoms with Gasteiger partial charge in [0.15, 0.2) is 0 Å². The molecule has 5 rings (SSSR count). The van der Waals surface area contributed by atoms with Crippen LogP contribution in [0.25, 0.3) is 33.6 Å². The van der Waals surface area contributed by atoms with Gasteiger partial charge in [-0.25, -0.2) is 0 Å². The first-order valence-corrected chi connectivity index (χ1v) is 11.3. The lowest BCUT2D eigenvalue weighted by Crippen LogP contribution is -2.24. The van der Waals surface area contributed by atoms with Crippen molar-refractivity contribution in [2.24, 2.45) is 7.05 Å². The predicted molar refractivity (Wildman–Crippen MR) is 130 cm³/mol. The molecule has 2 heterocycles. The van der Waals surface area contributed by atoms with Gasteiger partial charge >= 0.3 is 0 Å². The lowest BCUT2D eigenvalue weighted by Gasteiger charge is -2.18. The number of aliphatic hydroxyl groups excluding tert-OH is 1. The minimum Gasteiger partial charge on any atom is -0.497 e. The van der Waals surface area contributed by atoms with E-state index in [9.17, 15) is 9.90 Å². The number of aliphatic hydroxyl groups is 1. The molecule has 6 nitrogen and oxygen atoms in total. The summed E-state index contributed by atoms with van der Waals surface area (Å²) in [6.45, 7) is -0.256. The Balaban J connectivity index is 1.86. The molecule has 0 bridgehead atoms. The summed E-state index contributed by atoms with van der Waals surface area (Å²) in [5.41, 5.74) is 6.17. The molecule has 33 heavy (non-hydrogen) atoms. The first-order valence-electron chi connectivity index (χ1n) is 11.3. The van der Waals surface area contributed by atoms with E-state index in [0.717, 1.165) is 41.6 Å². The van der Waals surface area contributed by atoms with Crippen molar-refractivity contribution in [2.45, 2.75) is 32.3 Å². The first kappa shape index (κ1) is 21.2. The van der Waals surface area contributed by atoms with E-state index in [1.165, 1.54) is 16.5 Å². The largest absolute Gasteiger partial charge is 0.497 e. The zero-order valence-corrected chi connectivity index (χ0v) is 18.9. The van der Waals surface area contributed by atoms with Crippen LogP contribution in [0.2, 0.25) is 0 Å². The quantitative estimate of drug-likeness (QED) is 0.482. The van der Waals surface area contributed by atoms with Gasteiger partial charge in [0.2, 0.25) is 0 Å². The van der Waals surface area contributed by atoms with E-state index in [1.54, 1.807) is 7.11 Å². The van der Waals surface area contributed by atoms with Gasteiger partial charge in [-0.2, -0.15) is 9.61 Å². The molecule has 0 aliphatic heterocycles. The molecule has 0 atom stereocenters. The van der Waals surface area contributed by atoms with Crippen molar-refractivity contribution < 1.29 is 9.84 Å². The van der Waals surface area contributed by atoms with Crippen LogP contribution in [0, 0.1) is 0 Å². The lowest BCUT2D eigenvalue weighted by atomic mass is 9.92. The highest BCUT2D eigenvalue weighted by Gasteiger charge is 2.26. The molecule has 0 saturated carbocycles. The first-order chi connectivity index (χ1) is 16.1. The fraction of sp³-hybridized carbons (Fsp3) is 0.259. The van der Waals surface area contributed by atoms with Crippen molar-refractivity contribution in [3.63, 3.8) is 0 Å². The van der Waals surface area contributed by atoms with Gasteiger partial charge in [-0.3, -0.25) is 4.79 Å². The zero-order chi connectivity index (χ0) is 22.9. The van der Waals surface area contributed by atoms with Crippen molar-refractivity contribution in [1.29, 1.82) is 0 Å². The summed E-state index contributed by atoms with van der Waals surface area (Å²) in [4.78, 5) is 13.8. The van der Waals surface area contributed by atoms with Crippen molar-refractivity contribution in [3.05, 3.63) is 82.3 Å². The number of hydrogen-bond acceptors (Lipinski definition) is 4. The summed E-state index contributed by atoms with van der Waals surface area (Å²) >= 11 is 0. The molecular weight excluding hydrogens is 414 g/mol.